The molecule has 0 N–H and O–H groups in total. The Morgan fingerprint density at radius 1 is 0.429 bits per heavy atom. The van der Waals surface area contributed by atoms with E-state index in [0.29, 0.717) is 11.1 Å². The first-order valence-electron chi connectivity index (χ1n) is 15.9. The van der Waals surface area contributed by atoms with Gasteiger partial charge in [-0.15, -0.1) is 0 Å². The largest absolute Gasteiger partial charge is 0.456 e. The first-order chi connectivity index (χ1) is 24.2. The van der Waals surface area contributed by atoms with E-state index in [1.165, 1.54) is 0 Å². The summed E-state index contributed by atoms with van der Waals surface area (Å²) in [6.07, 6.45) is 3.34. The van der Waals surface area contributed by atoms with Gasteiger partial charge in [0.2, 0.25) is 0 Å². The van der Waals surface area contributed by atoms with E-state index in [1.54, 1.807) is 24.5 Å². The summed E-state index contributed by atoms with van der Waals surface area (Å²) in [5.74, 6) is 0. The molecule has 49 heavy (non-hydrogen) atoms. The molecule has 9 rings (SSSR count). The molecule has 0 radical (unpaired) electrons. The van der Waals surface area contributed by atoms with Crippen molar-refractivity contribution >= 4 is 43.5 Å². The lowest BCUT2D eigenvalue weighted by Gasteiger charge is -2.11. The van der Waals surface area contributed by atoms with Crippen LogP contribution in [0.5, 0.6) is 0 Å². The predicted octanol–water partition coefficient (Wildman–Crippen LogP) is 11.1. The van der Waals surface area contributed by atoms with E-state index in [-0.39, 0.29) is 0 Å². The summed E-state index contributed by atoms with van der Waals surface area (Å²) < 4.78 is 6.75. The van der Waals surface area contributed by atoms with Crippen molar-refractivity contribution in [3.05, 3.63) is 157 Å². The van der Waals surface area contributed by atoms with Crippen molar-refractivity contribution in [1.29, 1.82) is 10.5 Å². The number of pyridine rings is 2. The Balaban J connectivity index is 1.21. The molecule has 0 bridgehead atoms. The number of hydrogen-bond acceptors (Lipinski definition) is 5. The Kier molecular flexibility index (Phi) is 6.50. The zero-order chi connectivity index (χ0) is 32.9. The monoisotopic (exact) mass is 624 g/mol. The van der Waals surface area contributed by atoms with Gasteiger partial charge in [-0.3, -0.25) is 9.97 Å². The summed E-state index contributed by atoms with van der Waals surface area (Å²) in [6, 6.07) is 49.4. The first kappa shape index (κ1) is 28.2. The third kappa shape index (κ3) is 4.69. The Hall–Kier alpha value is -7.08. The highest BCUT2D eigenvalue weighted by atomic mass is 16.3. The van der Waals surface area contributed by atoms with E-state index >= 15 is 0 Å². The SMILES string of the molecule is N#Cc1ccnc(-c2ccc(-c3cc4oc5cc(-c6ccc(-c7cc(C#N)ccn7)cc6)c6ccccc6c5c4c4ccccc34)cc2)c1. The highest BCUT2D eigenvalue weighted by Gasteiger charge is 2.19. The summed E-state index contributed by atoms with van der Waals surface area (Å²) in [7, 11) is 0. The smallest absolute Gasteiger partial charge is 0.136 e. The fourth-order valence-corrected chi connectivity index (χ4v) is 6.93. The Labute approximate surface area is 281 Å². The Bertz CT molecular complexity index is 2640. The minimum absolute atomic E-state index is 0.586. The van der Waals surface area contributed by atoms with Crippen LogP contribution >= 0.6 is 0 Å². The van der Waals surface area contributed by atoms with Gasteiger partial charge in [0.15, 0.2) is 0 Å². The molecule has 226 valence electrons. The van der Waals surface area contributed by atoms with Crippen molar-refractivity contribution in [2.75, 3.05) is 0 Å². The van der Waals surface area contributed by atoms with E-state index in [4.69, 9.17) is 4.42 Å². The van der Waals surface area contributed by atoms with Crippen LogP contribution in [-0.4, -0.2) is 9.97 Å². The van der Waals surface area contributed by atoms with Crippen LogP contribution < -0.4 is 0 Å². The molecule has 0 saturated carbocycles. The molecule has 0 aliphatic heterocycles. The molecule has 0 unspecified atom stereocenters. The van der Waals surface area contributed by atoms with Crippen molar-refractivity contribution in [2.24, 2.45) is 0 Å². The fourth-order valence-electron chi connectivity index (χ4n) is 6.93. The number of rotatable bonds is 4. The van der Waals surface area contributed by atoms with Crippen molar-refractivity contribution in [3.63, 3.8) is 0 Å². The number of nitrogens with zero attached hydrogens (tertiary/aromatic N) is 4. The molecule has 3 aromatic heterocycles. The molecule has 6 aromatic carbocycles. The summed E-state index contributed by atoms with van der Waals surface area (Å²) in [5.41, 5.74) is 10.6. The van der Waals surface area contributed by atoms with Crippen LogP contribution in [0.1, 0.15) is 11.1 Å². The van der Waals surface area contributed by atoms with Crippen LogP contribution in [0.2, 0.25) is 0 Å². The number of aromatic nitrogens is 2. The fraction of sp³-hybridized carbons (Fsp3) is 0. The van der Waals surface area contributed by atoms with Gasteiger partial charge in [0.25, 0.3) is 0 Å². The molecule has 0 aliphatic carbocycles. The third-order valence-electron chi connectivity index (χ3n) is 9.25. The van der Waals surface area contributed by atoms with Crippen molar-refractivity contribution in [2.45, 2.75) is 0 Å². The lowest BCUT2D eigenvalue weighted by atomic mass is 9.91. The molecule has 0 amide bonds. The van der Waals surface area contributed by atoms with Crippen LogP contribution in [0.25, 0.3) is 88.3 Å². The second-order valence-electron chi connectivity index (χ2n) is 12.0. The highest BCUT2D eigenvalue weighted by molar-refractivity contribution is 6.29. The second-order valence-corrected chi connectivity index (χ2v) is 12.0. The predicted molar refractivity (Wildman–Crippen MR) is 195 cm³/mol. The number of nitriles is 2. The maximum Gasteiger partial charge on any atom is 0.136 e. The van der Waals surface area contributed by atoms with Crippen molar-refractivity contribution in [1.82, 2.24) is 9.97 Å². The molecule has 5 heteroatoms. The zero-order valence-corrected chi connectivity index (χ0v) is 26.1. The highest BCUT2D eigenvalue weighted by Crippen LogP contribution is 2.45. The van der Waals surface area contributed by atoms with Gasteiger partial charge in [0.05, 0.1) is 34.7 Å². The topological polar surface area (TPSA) is 86.5 Å². The van der Waals surface area contributed by atoms with Crippen LogP contribution in [0.15, 0.2) is 150 Å². The molecule has 9 aromatic rings. The molecule has 0 aliphatic rings. The van der Waals surface area contributed by atoms with Crippen LogP contribution in [-0.2, 0) is 0 Å². The molecule has 0 atom stereocenters. The molecule has 3 heterocycles. The quantitative estimate of drug-likeness (QED) is 0.194. The van der Waals surface area contributed by atoms with E-state index in [2.05, 4.69) is 131 Å². The molecular formula is C44H24N4O. The summed E-state index contributed by atoms with van der Waals surface area (Å²) in [4.78, 5) is 8.95. The normalized spacial score (nSPS) is 11.2. The van der Waals surface area contributed by atoms with Gasteiger partial charge >= 0.3 is 0 Å². The lowest BCUT2D eigenvalue weighted by Crippen LogP contribution is -1.87. The van der Waals surface area contributed by atoms with Gasteiger partial charge in [-0.05, 0) is 80.2 Å². The summed E-state index contributed by atoms with van der Waals surface area (Å²) in [6.45, 7) is 0. The van der Waals surface area contributed by atoms with Crippen LogP contribution in [0.4, 0.5) is 0 Å². The first-order valence-corrected chi connectivity index (χ1v) is 15.9. The zero-order valence-electron chi connectivity index (χ0n) is 26.1. The van der Waals surface area contributed by atoms with Crippen molar-refractivity contribution < 1.29 is 4.42 Å². The Morgan fingerprint density at radius 3 is 1.22 bits per heavy atom. The second kappa shape index (κ2) is 11.3. The third-order valence-corrected chi connectivity index (χ3v) is 9.25. The van der Waals surface area contributed by atoms with Gasteiger partial charge < -0.3 is 4.42 Å². The minimum Gasteiger partial charge on any atom is -0.456 e. The number of benzene rings is 6. The number of hydrogen-bond donors (Lipinski definition) is 0. The maximum atomic E-state index is 9.34. The van der Waals surface area contributed by atoms with Crippen molar-refractivity contribution in [3.8, 4) is 56.9 Å². The number of furan rings is 1. The van der Waals surface area contributed by atoms with E-state index in [0.717, 1.165) is 88.3 Å². The van der Waals surface area contributed by atoms with Crippen LogP contribution in [0, 0.1) is 22.7 Å². The Morgan fingerprint density at radius 2 is 0.816 bits per heavy atom. The molecular weight excluding hydrogens is 601 g/mol. The number of fused-ring (bicyclic) bond motifs is 7. The minimum atomic E-state index is 0.586. The van der Waals surface area contributed by atoms with Gasteiger partial charge in [0.1, 0.15) is 11.2 Å². The summed E-state index contributed by atoms with van der Waals surface area (Å²) >= 11 is 0. The molecule has 0 fully saturated rings. The average molecular weight is 625 g/mol. The molecule has 0 saturated heterocycles. The van der Waals surface area contributed by atoms with E-state index in [1.807, 2.05) is 12.1 Å². The van der Waals surface area contributed by atoms with Gasteiger partial charge in [-0.2, -0.15) is 10.5 Å². The van der Waals surface area contributed by atoms with Crippen LogP contribution in [0.3, 0.4) is 0 Å². The van der Waals surface area contributed by atoms with E-state index in [9.17, 15) is 10.5 Å². The molecule has 5 nitrogen and oxygen atoms in total. The lowest BCUT2D eigenvalue weighted by molar-refractivity contribution is 0.670. The van der Waals surface area contributed by atoms with Gasteiger partial charge in [0, 0.05) is 34.3 Å². The molecule has 0 spiro atoms. The van der Waals surface area contributed by atoms with Gasteiger partial charge in [-0.1, -0.05) is 97.1 Å². The standard InChI is InChI=1S/C44H24N4O/c45-25-27-17-19-47-39(21-27)31-13-9-29(10-14-31)37-23-41-43(35-7-3-1-5-33(35)37)44-36-8-4-2-6-34(36)38(24-42(44)49-41)30-11-15-32(16-12-30)40-22-28(26-46)18-20-48-40/h1-24H. The summed E-state index contributed by atoms with van der Waals surface area (Å²) in [5, 5.41) is 25.4. The van der Waals surface area contributed by atoms with E-state index < -0.39 is 0 Å². The maximum absolute atomic E-state index is 9.34. The average Bonchev–Trinajstić information content (AvgIpc) is 3.56. The van der Waals surface area contributed by atoms with Gasteiger partial charge in [-0.25, -0.2) is 0 Å².